The average molecular weight is 214 g/mol. The Balaban J connectivity index is 2.18. The maximum Gasteiger partial charge on any atom is 0.338 e. The minimum atomic E-state index is -0.273. The molecule has 82 valence electrons. The highest BCUT2D eigenvalue weighted by Crippen LogP contribution is 2.28. The Morgan fingerprint density at radius 1 is 1.38 bits per heavy atom. The molecule has 1 aromatic carbocycles. The van der Waals surface area contributed by atoms with Crippen molar-refractivity contribution in [3.63, 3.8) is 0 Å². The Bertz CT molecular complexity index is 481. The van der Waals surface area contributed by atoms with Gasteiger partial charge in [0, 0.05) is 11.1 Å². The van der Waals surface area contributed by atoms with Gasteiger partial charge in [-0.25, -0.2) is 4.79 Å². The van der Waals surface area contributed by atoms with E-state index in [0.29, 0.717) is 11.3 Å². The predicted octanol–water partition coefficient (Wildman–Crippen LogP) is 3.09. The summed E-state index contributed by atoms with van der Waals surface area (Å²) >= 11 is 0. The third-order valence-electron chi connectivity index (χ3n) is 2.75. The zero-order chi connectivity index (χ0) is 11.5. The van der Waals surface area contributed by atoms with Gasteiger partial charge in [-0.2, -0.15) is 0 Å². The van der Waals surface area contributed by atoms with Gasteiger partial charge in [-0.3, -0.25) is 0 Å². The molecule has 0 amide bonds. The highest BCUT2D eigenvalue weighted by molar-refractivity contribution is 5.92. The van der Waals surface area contributed by atoms with E-state index in [-0.39, 0.29) is 5.97 Å². The molecule has 2 heteroatoms. The topological polar surface area (TPSA) is 26.3 Å². The van der Waals surface area contributed by atoms with Crippen molar-refractivity contribution in [3.8, 4) is 0 Å². The summed E-state index contributed by atoms with van der Waals surface area (Å²) in [5.41, 5.74) is 2.87. The van der Waals surface area contributed by atoms with E-state index in [1.807, 2.05) is 31.2 Å². The fourth-order valence-electron chi connectivity index (χ4n) is 1.65. The Kier molecular flexibility index (Phi) is 2.91. The van der Waals surface area contributed by atoms with Gasteiger partial charge in [0.1, 0.15) is 5.76 Å². The summed E-state index contributed by atoms with van der Waals surface area (Å²) in [4.78, 5) is 11.6. The summed E-state index contributed by atoms with van der Waals surface area (Å²) in [6.07, 6.45) is 4.54. The van der Waals surface area contributed by atoms with Gasteiger partial charge in [0.15, 0.2) is 0 Å². The molecular formula is C14H14O2. The molecular weight excluding hydrogens is 200 g/mol. The zero-order valence-corrected chi connectivity index (χ0v) is 9.49. The number of ether oxygens (including phenoxy) is 1. The lowest BCUT2D eigenvalue weighted by Crippen LogP contribution is -2.04. The molecule has 0 bridgehead atoms. The summed E-state index contributed by atoms with van der Waals surface area (Å²) in [7, 11) is 0. The molecule has 0 heterocycles. The maximum absolute atomic E-state index is 11.6. The molecule has 0 fully saturated rings. The van der Waals surface area contributed by atoms with Crippen molar-refractivity contribution in [3.05, 3.63) is 53.1 Å². The van der Waals surface area contributed by atoms with Gasteiger partial charge in [0.05, 0.1) is 0 Å². The van der Waals surface area contributed by atoms with Crippen molar-refractivity contribution in [2.45, 2.75) is 20.3 Å². The molecule has 1 aromatic rings. The van der Waals surface area contributed by atoms with E-state index < -0.39 is 0 Å². The van der Waals surface area contributed by atoms with Crippen LogP contribution in [-0.4, -0.2) is 5.97 Å². The Morgan fingerprint density at radius 2 is 2.12 bits per heavy atom. The minimum absolute atomic E-state index is 0.273. The lowest BCUT2D eigenvalue weighted by Gasteiger charge is -2.06. The number of carbonyl (C=O) groups is 1. The largest absolute Gasteiger partial charge is 0.423 e. The lowest BCUT2D eigenvalue weighted by molar-refractivity contribution is -0.132. The molecule has 0 saturated carbocycles. The Hall–Kier alpha value is -1.83. The van der Waals surface area contributed by atoms with Crippen LogP contribution in [0, 0.1) is 0 Å². The first kappa shape index (κ1) is 10.7. The van der Waals surface area contributed by atoms with E-state index >= 15 is 0 Å². The molecule has 16 heavy (non-hydrogen) atoms. The summed E-state index contributed by atoms with van der Waals surface area (Å²) in [5.74, 6) is 0.409. The third-order valence-corrected chi connectivity index (χ3v) is 2.75. The standard InChI is InChI=1S/C14H14O2/c1-3-10(2)14(15)16-13-9-8-11-6-4-5-7-12(11)13/h3-7,9H,8H2,1-2H3. The molecule has 0 saturated heterocycles. The average Bonchev–Trinajstić information content (AvgIpc) is 2.72. The van der Waals surface area contributed by atoms with E-state index in [1.165, 1.54) is 5.56 Å². The van der Waals surface area contributed by atoms with Crippen molar-refractivity contribution in [1.29, 1.82) is 0 Å². The summed E-state index contributed by atoms with van der Waals surface area (Å²) in [6.45, 7) is 3.58. The quantitative estimate of drug-likeness (QED) is 0.558. The van der Waals surface area contributed by atoms with Crippen molar-refractivity contribution in [1.82, 2.24) is 0 Å². The molecule has 2 rings (SSSR count). The number of esters is 1. The van der Waals surface area contributed by atoms with Crippen LogP contribution in [0.25, 0.3) is 5.76 Å². The molecule has 1 aliphatic carbocycles. The zero-order valence-electron chi connectivity index (χ0n) is 9.49. The van der Waals surface area contributed by atoms with Gasteiger partial charge in [-0.05, 0) is 31.9 Å². The number of hydrogen-bond donors (Lipinski definition) is 0. The summed E-state index contributed by atoms with van der Waals surface area (Å²) in [5, 5.41) is 0. The van der Waals surface area contributed by atoms with Crippen molar-refractivity contribution in [2.75, 3.05) is 0 Å². The van der Waals surface area contributed by atoms with Gasteiger partial charge < -0.3 is 4.74 Å². The van der Waals surface area contributed by atoms with Gasteiger partial charge >= 0.3 is 5.97 Å². The molecule has 2 nitrogen and oxygen atoms in total. The molecule has 0 aromatic heterocycles. The van der Waals surface area contributed by atoms with Crippen LogP contribution in [0.3, 0.4) is 0 Å². The fourth-order valence-corrected chi connectivity index (χ4v) is 1.65. The van der Waals surface area contributed by atoms with Crippen LogP contribution >= 0.6 is 0 Å². The second kappa shape index (κ2) is 4.35. The number of rotatable bonds is 2. The molecule has 0 N–H and O–H groups in total. The highest BCUT2D eigenvalue weighted by Gasteiger charge is 2.17. The number of fused-ring (bicyclic) bond motifs is 1. The lowest BCUT2D eigenvalue weighted by atomic mass is 10.1. The van der Waals surface area contributed by atoms with Crippen LogP contribution in [0.5, 0.6) is 0 Å². The van der Waals surface area contributed by atoms with Crippen LogP contribution in [0.1, 0.15) is 25.0 Å². The SMILES string of the molecule is CC=C(C)C(=O)OC1=CCc2ccccc21. The summed E-state index contributed by atoms with van der Waals surface area (Å²) in [6, 6.07) is 7.98. The number of hydrogen-bond acceptors (Lipinski definition) is 2. The second-order valence-electron chi connectivity index (χ2n) is 3.79. The van der Waals surface area contributed by atoms with Crippen LogP contribution in [-0.2, 0) is 16.0 Å². The molecule has 0 radical (unpaired) electrons. The first-order valence-electron chi connectivity index (χ1n) is 5.36. The van der Waals surface area contributed by atoms with E-state index in [9.17, 15) is 4.79 Å². The summed E-state index contributed by atoms with van der Waals surface area (Å²) < 4.78 is 5.34. The molecule has 0 atom stereocenters. The second-order valence-corrected chi connectivity index (χ2v) is 3.79. The third kappa shape index (κ3) is 1.91. The van der Waals surface area contributed by atoms with Crippen LogP contribution in [0.2, 0.25) is 0 Å². The molecule has 0 aliphatic heterocycles. The molecule has 1 aliphatic rings. The smallest absolute Gasteiger partial charge is 0.338 e. The van der Waals surface area contributed by atoms with E-state index in [4.69, 9.17) is 4.74 Å². The number of allylic oxidation sites excluding steroid dienone is 2. The van der Waals surface area contributed by atoms with Crippen LogP contribution in [0.4, 0.5) is 0 Å². The normalized spacial score (nSPS) is 14.4. The van der Waals surface area contributed by atoms with E-state index in [0.717, 1.165) is 12.0 Å². The van der Waals surface area contributed by atoms with Crippen molar-refractivity contribution >= 4 is 11.7 Å². The monoisotopic (exact) mass is 214 g/mol. The Labute approximate surface area is 95.2 Å². The van der Waals surface area contributed by atoms with E-state index in [1.54, 1.807) is 13.0 Å². The van der Waals surface area contributed by atoms with Gasteiger partial charge in [0.25, 0.3) is 0 Å². The molecule has 0 unspecified atom stereocenters. The first-order chi connectivity index (χ1) is 7.72. The number of benzene rings is 1. The number of carbonyl (C=O) groups excluding carboxylic acids is 1. The Morgan fingerprint density at radius 3 is 2.88 bits per heavy atom. The molecule has 0 spiro atoms. The van der Waals surface area contributed by atoms with Crippen LogP contribution in [0.15, 0.2) is 42.0 Å². The van der Waals surface area contributed by atoms with Crippen molar-refractivity contribution in [2.24, 2.45) is 0 Å². The van der Waals surface area contributed by atoms with E-state index in [2.05, 4.69) is 6.07 Å². The predicted molar refractivity (Wildman–Crippen MR) is 63.6 cm³/mol. The highest BCUT2D eigenvalue weighted by atomic mass is 16.5. The first-order valence-corrected chi connectivity index (χ1v) is 5.36. The maximum atomic E-state index is 11.6. The fraction of sp³-hybridized carbons (Fsp3) is 0.214. The van der Waals surface area contributed by atoms with Crippen LogP contribution < -0.4 is 0 Å². The van der Waals surface area contributed by atoms with Gasteiger partial charge in [-0.15, -0.1) is 0 Å². The van der Waals surface area contributed by atoms with Gasteiger partial charge in [-0.1, -0.05) is 30.3 Å². The van der Waals surface area contributed by atoms with Gasteiger partial charge in [0.2, 0.25) is 0 Å². The minimum Gasteiger partial charge on any atom is -0.423 e. The van der Waals surface area contributed by atoms with Crippen molar-refractivity contribution < 1.29 is 9.53 Å².